The van der Waals surface area contributed by atoms with E-state index in [9.17, 15) is 26.3 Å². The Kier molecular flexibility index (Phi) is 9.46. The van der Waals surface area contributed by atoms with Gasteiger partial charge in [0.15, 0.2) is 0 Å². The molecule has 2 nitrogen and oxygen atoms in total. The van der Waals surface area contributed by atoms with Crippen LogP contribution in [-0.2, 0) is 12.4 Å². The first-order chi connectivity index (χ1) is 11.1. The Balaban J connectivity index is 0.00000312. The molecule has 26 heavy (non-hydrogen) atoms. The molecule has 1 atom stereocenters. The van der Waals surface area contributed by atoms with E-state index in [1.165, 1.54) is 6.08 Å². The first-order valence-electron chi connectivity index (χ1n) is 7.48. The molecule has 0 aromatic heterocycles. The van der Waals surface area contributed by atoms with Crippen molar-refractivity contribution in [2.45, 2.75) is 24.8 Å². The molecule has 1 N–H and O–H groups in total. The molecule has 10 heteroatoms. The lowest BCUT2D eigenvalue weighted by Crippen LogP contribution is -2.45. The van der Waals surface area contributed by atoms with Crippen LogP contribution < -0.4 is 5.32 Å². The van der Waals surface area contributed by atoms with E-state index < -0.39 is 29.5 Å². The zero-order valence-corrected chi connectivity index (χ0v) is 15.3. The summed E-state index contributed by atoms with van der Waals surface area (Å²) in [5.74, 6) is 0. The maximum atomic E-state index is 13.4. The molecule has 2 rings (SSSR count). The molecular weight excluding hydrogens is 405 g/mol. The van der Waals surface area contributed by atoms with Gasteiger partial charge in [0.25, 0.3) is 0 Å². The van der Waals surface area contributed by atoms with E-state index in [2.05, 4.69) is 11.9 Å². The number of hydrogen-bond donors (Lipinski definition) is 1. The number of nitrogens with one attached hydrogen (secondary N) is 1. The van der Waals surface area contributed by atoms with E-state index in [0.29, 0.717) is 32.2 Å². The average Bonchev–Trinajstić information content (AvgIpc) is 2.51. The number of rotatable bonds is 4. The Labute approximate surface area is 160 Å². The fourth-order valence-electron chi connectivity index (χ4n) is 2.89. The topological polar surface area (TPSA) is 15.3 Å². The van der Waals surface area contributed by atoms with Gasteiger partial charge in [-0.15, -0.1) is 31.4 Å². The molecule has 0 spiro atoms. The molecule has 0 saturated carbocycles. The molecule has 1 aromatic rings. The third-order valence-corrected chi connectivity index (χ3v) is 4.03. The summed E-state index contributed by atoms with van der Waals surface area (Å²) in [5, 5.41) is 3.10. The molecule has 1 heterocycles. The van der Waals surface area contributed by atoms with E-state index in [-0.39, 0.29) is 42.9 Å². The number of nitrogens with zero attached hydrogens (tertiary/aromatic N) is 1. The number of hydrogen-bond acceptors (Lipinski definition) is 2. The smallest absolute Gasteiger partial charge is 0.314 e. The van der Waals surface area contributed by atoms with Gasteiger partial charge in [0.1, 0.15) is 0 Å². The van der Waals surface area contributed by atoms with Gasteiger partial charge in [-0.3, -0.25) is 4.90 Å². The summed E-state index contributed by atoms with van der Waals surface area (Å²) in [7, 11) is 0. The van der Waals surface area contributed by atoms with Gasteiger partial charge >= 0.3 is 12.4 Å². The van der Waals surface area contributed by atoms with Crippen molar-refractivity contribution in [3.63, 3.8) is 0 Å². The van der Waals surface area contributed by atoms with Crippen molar-refractivity contribution in [3.8, 4) is 0 Å². The molecule has 0 aliphatic carbocycles. The van der Waals surface area contributed by atoms with Crippen molar-refractivity contribution >= 4 is 24.8 Å². The first-order valence-corrected chi connectivity index (χ1v) is 7.48. The highest BCUT2D eigenvalue weighted by Gasteiger charge is 2.40. The Morgan fingerprint density at radius 1 is 1.04 bits per heavy atom. The fraction of sp³-hybridized carbons (Fsp3) is 0.500. The van der Waals surface area contributed by atoms with Crippen LogP contribution in [0.4, 0.5) is 26.3 Å². The third kappa shape index (κ3) is 6.04. The summed E-state index contributed by atoms with van der Waals surface area (Å²) >= 11 is 0. The van der Waals surface area contributed by atoms with E-state index in [0.717, 1.165) is 6.07 Å². The van der Waals surface area contributed by atoms with Gasteiger partial charge in [0, 0.05) is 32.2 Å². The molecule has 1 fully saturated rings. The number of halogens is 8. The van der Waals surface area contributed by atoms with Crippen molar-refractivity contribution in [2.24, 2.45) is 0 Å². The van der Waals surface area contributed by atoms with Crippen LogP contribution in [0.1, 0.15) is 29.2 Å². The van der Waals surface area contributed by atoms with Gasteiger partial charge in [0.2, 0.25) is 0 Å². The van der Waals surface area contributed by atoms with Crippen LogP contribution in [0.2, 0.25) is 0 Å². The summed E-state index contributed by atoms with van der Waals surface area (Å²) < 4.78 is 78.4. The van der Waals surface area contributed by atoms with Gasteiger partial charge < -0.3 is 5.32 Å². The van der Waals surface area contributed by atoms with Gasteiger partial charge in [-0.1, -0.05) is 12.1 Å². The van der Waals surface area contributed by atoms with Crippen LogP contribution in [0, 0.1) is 0 Å². The molecule has 0 amide bonds. The molecule has 150 valence electrons. The predicted octanol–water partition coefficient (Wildman–Crippen LogP) is 5.09. The summed E-state index contributed by atoms with van der Waals surface area (Å²) in [6, 6.07) is 1.21. The molecule has 0 bridgehead atoms. The minimum absolute atomic E-state index is 0. The monoisotopic (exact) mass is 424 g/mol. The SMILES string of the molecule is C=CC[C@H](c1ccc(C(F)(F)F)cc1C(F)(F)F)N1CCNCC1.Cl.Cl. The van der Waals surface area contributed by atoms with Crippen molar-refractivity contribution < 1.29 is 26.3 Å². The quantitative estimate of drug-likeness (QED) is 0.534. The zero-order chi connectivity index (χ0) is 18.0. The predicted molar refractivity (Wildman–Crippen MR) is 92.9 cm³/mol. The standard InChI is InChI=1S/C16H18F6N2.2ClH/c1-2-3-14(24-8-6-23-7-9-24)12-5-4-11(15(17,18)19)10-13(12)16(20,21)22;;/h2,4-5,10,14,23H,1,3,6-9H2;2*1H/t14-;;/m1../s1. The molecular formula is C16H20Cl2F6N2. The number of piperazine rings is 1. The Bertz CT molecular complexity index is 583. The molecule has 1 saturated heterocycles. The molecule has 1 aliphatic rings. The van der Waals surface area contributed by atoms with Crippen LogP contribution in [0.5, 0.6) is 0 Å². The first kappa shape index (κ1) is 25.0. The third-order valence-electron chi connectivity index (χ3n) is 4.03. The Hall–Kier alpha value is -0.960. The second kappa shape index (κ2) is 9.82. The van der Waals surface area contributed by atoms with E-state index in [1.54, 1.807) is 0 Å². The highest BCUT2D eigenvalue weighted by atomic mass is 35.5. The largest absolute Gasteiger partial charge is 0.416 e. The summed E-state index contributed by atoms with van der Waals surface area (Å²) in [4.78, 5) is 1.84. The maximum Gasteiger partial charge on any atom is 0.416 e. The summed E-state index contributed by atoms with van der Waals surface area (Å²) in [5.41, 5.74) is -2.67. The summed E-state index contributed by atoms with van der Waals surface area (Å²) in [6.07, 6.45) is -7.95. The van der Waals surface area contributed by atoms with Gasteiger partial charge in [-0.05, 0) is 24.1 Å². The van der Waals surface area contributed by atoms with E-state index in [4.69, 9.17) is 0 Å². The van der Waals surface area contributed by atoms with Crippen molar-refractivity contribution in [2.75, 3.05) is 26.2 Å². The molecule has 0 radical (unpaired) electrons. The number of benzene rings is 1. The van der Waals surface area contributed by atoms with E-state index in [1.807, 2.05) is 4.90 Å². The maximum absolute atomic E-state index is 13.4. The number of alkyl halides is 6. The van der Waals surface area contributed by atoms with E-state index >= 15 is 0 Å². The van der Waals surface area contributed by atoms with Crippen LogP contribution in [-0.4, -0.2) is 31.1 Å². The van der Waals surface area contributed by atoms with Crippen LogP contribution in [0.15, 0.2) is 30.9 Å². The summed E-state index contributed by atoms with van der Waals surface area (Å²) in [6.45, 7) is 5.86. The molecule has 0 unspecified atom stereocenters. The second-order valence-electron chi connectivity index (χ2n) is 5.62. The Morgan fingerprint density at radius 2 is 1.62 bits per heavy atom. The van der Waals surface area contributed by atoms with Crippen molar-refractivity contribution in [1.29, 1.82) is 0 Å². The lowest BCUT2D eigenvalue weighted by atomic mass is 9.93. The van der Waals surface area contributed by atoms with Gasteiger partial charge in [-0.25, -0.2) is 0 Å². The normalized spacial score (nSPS) is 17.0. The van der Waals surface area contributed by atoms with Crippen molar-refractivity contribution in [3.05, 3.63) is 47.5 Å². The average molecular weight is 425 g/mol. The highest BCUT2D eigenvalue weighted by Crippen LogP contribution is 2.41. The Morgan fingerprint density at radius 3 is 2.08 bits per heavy atom. The second-order valence-corrected chi connectivity index (χ2v) is 5.62. The minimum Gasteiger partial charge on any atom is -0.314 e. The molecule has 1 aliphatic heterocycles. The van der Waals surface area contributed by atoms with Gasteiger partial charge in [-0.2, -0.15) is 26.3 Å². The van der Waals surface area contributed by atoms with Gasteiger partial charge in [0.05, 0.1) is 11.1 Å². The van der Waals surface area contributed by atoms with Crippen molar-refractivity contribution in [1.82, 2.24) is 10.2 Å². The van der Waals surface area contributed by atoms with Crippen LogP contribution in [0.3, 0.4) is 0 Å². The molecule has 1 aromatic carbocycles. The fourth-order valence-corrected chi connectivity index (χ4v) is 2.89. The van der Waals surface area contributed by atoms with Crippen LogP contribution in [0.25, 0.3) is 0 Å². The minimum atomic E-state index is -4.86. The highest BCUT2D eigenvalue weighted by molar-refractivity contribution is 5.85. The zero-order valence-electron chi connectivity index (χ0n) is 13.7. The lowest BCUT2D eigenvalue weighted by Gasteiger charge is -2.36. The van der Waals surface area contributed by atoms with Crippen LogP contribution >= 0.6 is 24.8 Å². The lowest BCUT2D eigenvalue weighted by molar-refractivity contribution is -0.143.